The van der Waals surface area contributed by atoms with Gasteiger partial charge in [-0.15, -0.1) is 0 Å². The van der Waals surface area contributed by atoms with Crippen molar-refractivity contribution in [1.82, 2.24) is 10.6 Å². The van der Waals surface area contributed by atoms with Crippen LogP contribution in [0.15, 0.2) is 47.5 Å². The van der Waals surface area contributed by atoms with Gasteiger partial charge in [0, 0.05) is 18.7 Å². The van der Waals surface area contributed by atoms with Crippen LogP contribution in [0.25, 0.3) is 0 Å². The second kappa shape index (κ2) is 10.7. The van der Waals surface area contributed by atoms with Crippen LogP contribution in [0.2, 0.25) is 0 Å². The van der Waals surface area contributed by atoms with E-state index in [0.29, 0.717) is 48.4 Å². The molecule has 0 bridgehead atoms. The van der Waals surface area contributed by atoms with Crippen molar-refractivity contribution in [2.45, 2.75) is 6.54 Å². The fourth-order valence-corrected chi connectivity index (χ4v) is 2.42. The first-order valence-electron chi connectivity index (χ1n) is 8.74. The lowest BCUT2D eigenvalue weighted by Crippen LogP contribution is -2.38. The molecule has 0 saturated carbocycles. The van der Waals surface area contributed by atoms with E-state index in [9.17, 15) is 4.79 Å². The molecular weight excluding hydrogens is 360 g/mol. The molecule has 4 N–H and O–H groups in total. The average Bonchev–Trinajstić information content (AvgIpc) is 2.74. The number of benzene rings is 2. The van der Waals surface area contributed by atoms with Gasteiger partial charge in [0.25, 0.3) is 5.91 Å². The van der Waals surface area contributed by atoms with E-state index < -0.39 is 0 Å². The number of ether oxygens (including phenoxy) is 3. The minimum atomic E-state index is -0.162. The van der Waals surface area contributed by atoms with Gasteiger partial charge in [-0.1, -0.05) is 6.07 Å². The molecule has 1 amide bonds. The highest BCUT2D eigenvalue weighted by Gasteiger charge is 2.06. The largest absolute Gasteiger partial charge is 0.497 e. The first-order valence-corrected chi connectivity index (χ1v) is 8.74. The number of amides is 1. The second-order valence-electron chi connectivity index (χ2n) is 5.80. The van der Waals surface area contributed by atoms with Gasteiger partial charge in [0.1, 0.15) is 5.75 Å². The van der Waals surface area contributed by atoms with Gasteiger partial charge in [-0.25, -0.2) is 4.99 Å². The third-order valence-electron chi connectivity index (χ3n) is 3.95. The van der Waals surface area contributed by atoms with Crippen LogP contribution in [0.5, 0.6) is 17.2 Å². The molecule has 0 saturated heterocycles. The summed E-state index contributed by atoms with van der Waals surface area (Å²) in [5, 5.41) is 5.78. The zero-order chi connectivity index (χ0) is 20.4. The number of nitrogens with one attached hydrogen (secondary N) is 2. The van der Waals surface area contributed by atoms with Gasteiger partial charge in [0.15, 0.2) is 17.5 Å². The molecule has 0 unspecified atom stereocenters. The molecule has 2 aromatic carbocycles. The number of aliphatic imine (C=N–C) groups is 1. The van der Waals surface area contributed by atoms with Crippen molar-refractivity contribution in [3.05, 3.63) is 53.6 Å². The lowest BCUT2D eigenvalue weighted by molar-refractivity contribution is 0.0954. The van der Waals surface area contributed by atoms with Gasteiger partial charge >= 0.3 is 0 Å². The molecule has 2 rings (SSSR count). The third-order valence-corrected chi connectivity index (χ3v) is 3.95. The van der Waals surface area contributed by atoms with Crippen molar-refractivity contribution in [3.8, 4) is 17.2 Å². The van der Waals surface area contributed by atoms with Gasteiger partial charge in [-0.2, -0.15) is 0 Å². The SMILES string of the molecule is COc1ccc(C(=O)NCCNC(N)=NCc2ccc(OC)c(OC)c2)cc1. The number of rotatable bonds is 9. The Kier molecular flexibility index (Phi) is 7.95. The topological polar surface area (TPSA) is 107 Å². The van der Waals surface area contributed by atoms with E-state index in [-0.39, 0.29) is 5.91 Å². The van der Waals surface area contributed by atoms with E-state index in [1.165, 1.54) is 0 Å². The van der Waals surface area contributed by atoms with Crippen LogP contribution in [-0.4, -0.2) is 46.3 Å². The number of carbonyl (C=O) groups excluding carboxylic acids is 1. The van der Waals surface area contributed by atoms with E-state index in [2.05, 4.69) is 15.6 Å². The number of hydrogen-bond donors (Lipinski definition) is 3. The molecule has 0 atom stereocenters. The number of nitrogens with zero attached hydrogens (tertiary/aromatic N) is 1. The summed E-state index contributed by atoms with van der Waals surface area (Å²) < 4.78 is 15.5. The second-order valence-corrected chi connectivity index (χ2v) is 5.80. The van der Waals surface area contributed by atoms with Gasteiger partial charge in [-0.3, -0.25) is 4.79 Å². The van der Waals surface area contributed by atoms with Crippen LogP contribution in [-0.2, 0) is 6.54 Å². The molecule has 8 heteroatoms. The normalized spacial score (nSPS) is 10.9. The van der Waals surface area contributed by atoms with E-state index in [1.807, 2.05) is 18.2 Å². The molecule has 8 nitrogen and oxygen atoms in total. The molecule has 150 valence electrons. The average molecular weight is 386 g/mol. The van der Waals surface area contributed by atoms with Crippen molar-refractivity contribution in [2.24, 2.45) is 10.7 Å². The smallest absolute Gasteiger partial charge is 0.251 e. The Labute approximate surface area is 164 Å². The van der Waals surface area contributed by atoms with Gasteiger partial charge < -0.3 is 30.6 Å². The lowest BCUT2D eigenvalue weighted by Gasteiger charge is -2.09. The Hall–Kier alpha value is -3.42. The number of nitrogens with two attached hydrogens (primary N) is 1. The van der Waals surface area contributed by atoms with Crippen LogP contribution in [0.1, 0.15) is 15.9 Å². The van der Waals surface area contributed by atoms with Crippen molar-refractivity contribution < 1.29 is 19.0 Å². The van der Waals surface area contributed by atoms with Crippen molar-refractivity contribution in [1.29, 1.82) is 0 Å². The Morgan fingerprint density at radius 3 is 2.25 bits per heavy atom. The first-order chi connectivity index (χ1) is 13.6. The monoisotopic (exact) mass is 386 g/mol. The predicted octanol–water partition coefficient (Wildman–Crippen LogP) is 1.55. The minimum Gasteiger partial charge on any atom is -0.497 e. The number of methoxy groups -OCH3 is 3. The fourth-order valence-electron chi connectivity index (χ4n) is 2.42. The maximum absolute atomic E-state index is 12.0. The summed E-state index contributed by atoms with van der Waals surface area (Å²) in [6.45, 7) is 1.28. The highest BCUT2D eigenvalue weighted by atomic mass is 16.5. The highest BCUT2D eigenvalue weighted by Crippen LogP contribution is 2.27. The van der Waals surface area contributed by atoms with E-state index in [0.717, 1.165) is 5.56 Å². The summed E-state index contributed by atoms with van der Waals surface area (Å²) >= 11 is 0. The Morgan fingerprint density at radius 2 is 1.61 bits per heavy atom. The van der Waals surface area contributed by atoms with E-state index in [1.54, 1.807) is 45.6 Å². The molecular formula is C20H26N4O4. The summed E-state index contributed by atoms with van der Waals surface area (Å²) in [5.74, 6) is 2.15. The summed E-state index contributed by atoms with van der Waals surface area (Å²) in [7, 11) is 4.75. The summed E-state index contributed by atoms with van der Waals surface area (Å²) in [4.78, 5) is 16.3. The standard InChI is InChI=1S/C20H26N4O4/c1-26-16-7-5-15(6-8-16)19(25)22-10-11-23-20(21)24-13-14-4-9-17(27-2)18(12-14)28-3/h4-9,12H,10-11,13H2,1-3H3,(H,22,25)(H3,21,23,24). The Bertz CT molecular complexity index is 806. The molecule has 0 spiro atoms. The summed E-state index contributed by atoms with van der Waals surface area (Å²) in [6, 6.07) is 12.5. The summed E-state index contributed by atoms with van der Waals surface area (Å²) in [6.07, 6.45) is 0. The fraction of sp³-hybridized carbons (Fsp3) is 0.300. The minimum absolute atomic E-state index is 0.162. The van der Waals surface area contributed by atoms with Gasteiger partial charge in [-0.05, 0) is 42.0 Å². The molecule has 28 heavy (non-hydrogen) atoms. The molecule has 0 fully saturated rings. The molecule has 0 radical (unpaired) electrons. The van der Waals surface area contributed by atoms with E-state index in [4.69, 9.17) is 19.9 Å². The van der Waals surface area contributed by atoms with Crippen LogP contribution < -0.4 is 30.6 Å². The lowest BCUT2D eigenvalue weighted by atomic mass is 10.2. The van der Waals surface area contributed by atoms with Gasteiger partial charge in [0.2, 0.25) is 0 Å². The predicted molar refractivity (Wildman–Crippen MR) is 108 cm³/mol. The van der Waals surface area contributed by atoms with Crippen molar-refractivity contribution in [2.75, 3.05) is 34.4 Å². The zero-order valence-corrected chi connectivity index (χ0v) is 16.3. The van der Waals surface area contributed by atoms with Crippen LogP contribution >= 0.6 is 0 Å². The van der Waals surface area contributed by atoms with Crippen molar-refractivity contribution >= 4 is 11.9 Å². The molecule has 0 aromatic heterocycles. The van der Waals surface area contributed by atoms with Crippen LogP contribution in [0, 0.1) is 0 Å². The first kappa shape index (κ1) is 20.9. The number of hydrogen-bond acceptors (Lipinski definition) is 5. The third kappa shape index (κ3) is 6.08. The maximum atomic E-state index is 12.0. The van der Waals surface area contributed by atoms with Crippen LogP contribution in [0.3, 0.4) is 0 Å². The zero-order valence-electron chi connectivity index (χ0n) is 16.3. The molecule has 2 aromatic rings. The maximum Gasteiger partial charge on any atom is 0.251 e. The Morgan fingerprint density at radius 1 is 0.929 bits per heavy atom. The molecule has 0 aliphatic heterocycles. The molecule has 0 aliphatic carbocycles. The Balaban J connectivity index is 1.75. The van der Waals surface area contributed by atoms with Gasteiger partial charge in [0.05, 0.1) is 27.9 Å². The van der Waals surface area contributed by atoms with Crippen LogP contribution in [0.4, 0.5) is 0 Å². The number of guanidine groups is 1. The molecule has 0 heterocycles. The molecule has 0 aliphatic rings. The van der Waals surface area contributed by atoms with E-state index >= 15 is 0 Å². The number of carbonyl (C=O) groups is 1. The highest BCUT2D eigenvalue weighted by molar-refractivity contribution is 5.94. The summed E-state index contributed by atoms with van der Waals surface area (Å²) in [5.41, 5.74) is 7.37. The quantitative estimate of drug-likeness (QED) is 0.343. The van der Waals surface area contributed by atoms with Crippen molar-refractivity contribution in [3.63, 3.8) is 0 Å².